The van der Waals surface area contributed by atoms with Crippen molar-refractivity contribution in [2.45, 2.75) is 57.9 Å². The van der Waals surface area contributed by atoms with E-state index in [0.717, 1.165) is 62.1 Å². The molecule has 0 radical (unpaired) electrons. The van der Waals surface area contributed by atoms with Gasteiger partial charge in [0.1, 0.15) is 5.75 Å². The number of nitrogens with zero attached hydrogens (tertiary/aromatic N) is 1. The molecule has 1 N–H and O–H groups in total. The predicted molar refractivity (Wildman–Crippen MR) is 123 cm³/mol. The van der Waals surface area contributed by atoms with Gasteiger partial charge in [-0.2, -0.15) is 0 Å². The lowest BCUT2D eigenvalue weighted by Gasteiger charge is -2.27. The number of hydrogen-bond acceptors (Lipinski definition) is 4. The third-order valence-electron chi connectivity index (χ3n) is 5.89. The zero-order valence-corrected chi connectivity index (χ0v) is 18.9. The maximum Gasteiger partial charge on any atom is 0.122 e. The van der Waals surface area contributed by atoms with E-state index in [1.165, 1.54) is 21.9 Å². The van der Waals surface area contributed by atoms with Crippen LogP contribution in [0.3, 0.4) is 0 Å². The summed E-state index contributed by atoms with van der Waals surface area (Å²) in [6, 6.07) is 14.5. The number of unbranched alkanes of at least 4 members (excludes halogenated alkanes) is 3. The van der Waals surface area contributed by atoms with Gasteiger partial charge < -0.3 is 18.9 Å². The van der Waals surface area contributed by atoms with Crippen LogP contribution in [-0.4, -0.2) is 35.0 Å². The van der Waals surface area contributed by atoms with Gasteiger partial charge >= 0.3 is 0 Å². The molecule has 2 aromatic rings. The van der Waals surface area contributed by atoms with Gasteiger partial charge in [-0.1, -0.05) is 42.7 Å². The van der Waals surface area contributed by atoms with Crippen LogP contribution in [0.5, 0.6) is 5.75 Å². The van der Waals surface area contributed by atoms with E-state index in [4.69, 9.17) is 4.74 Å². The molecule has 1 aliphatic rings. The standard InChI is InChI=1S/C24H34N2O3S/c1-19-10-14-22(15-11-19)26(30(27)28)17-6-4-3-5-16-25-21-13-12-20-8-7-9-24(29-2)23(20)18-21/h7-11,14-15,21,25H,3-6,12-13,16-18H2,1-2H3,(H,27,28)/p-1. The van der Waals surface area contributed by atoms with Crippen molar-refractivity contribution in [1.82, 2.24) is 5.32 Å². The third-order valence-corrected chi connectivity index (χ3v) is 6.64. The summed E-state index contributed by atoms with van der Waals surface area (Å²) in [6.45, 7) is 3.54. The van der Waals surface area contributed by atoms with Crippen LogP contribution in [0.15, 0.2) is 42.5 Å². The Kier molecular flexibility index (Phi) is 8.73. The lowest BCUT2D eigenvalue weighted by Crippen LogP contribution is -2.35. The summed E-state index contributed by atoms with van der Waals surface area (Å²) >= 11 is -2.23. The second kappa shape index (κ2) is 11.5. The van der Waals surface area contributed by atoms with E-state index in [9.17, 15) is 8.76 Å². The number of fused-ring (bicyclic) bond motifs is 1. The molecule has 0 aliphatic heterocycles. The molecule has 164 valence electrons. The molecule has 0 aromatic heterocycles. The number of benzene rings is 2. The summed E-state index contributed by atoms with van der Waals surface area (Å²) in [6.07, 6.45) is 7.41. The number of anilines is 1. The molecule has 0 spiro atoms. The molecule has 2 aromatic carbocycles. The highest BCUT2D eigenvalue weighted by molar-refractivity contribution is 7.80. The van der Waals surface area contributed by atoms with E-state index in [0.29, 0.717) is 12.6 Å². The van der Waals surface area contributed by atoms with Gasteiger partial charge in [-0.15, -0.1) is 0 Å². The highest BCUT2D eigenvalue weighted by Crippen LogP contribution is 2.29. The largest absolute Gasteiger partial charge is 0.755 e. The average Bonchev–Trinajstić information content (AvgIpc) is 2.75. The number of hydrogen-bond donors (Lipinski definition) is 1. The Morgan fingerprint density at radius 2 is 1.90 bits per heavy atom. The number of ether oxygens (including phenoxy) is 1. The monoisotopic (exact) mass is 429 g/mol. The van der Waals surface area contributed by atoms with Crippen LogP contribution >= 0.6 is 0 Å². The number of nitrogens with one attached hydrogen (secondary N) is 1. The van der Waals surface area contributed by atoms with Gasteiger partial charge in [-0.3, -0.25) is 4.21 Å². The molecule has 0 fully saturated rings. The predicted octanol–water partition coefficient (Wildman–Crippen LogP) is 4.31. The fourth-order valence-corrected chi connectivity index (χ4v) is 4.73. The first kappa shape index (κ1) is 22.8. The first-order valence-electron chi connectivity index (χ1n) is 10.9. The molecule has 1 aliphatic carbocycles. The quantitative estimate of drug-likeness (QED) is 0.427. The fraction of sp³-hybridized carbons (Fsp3) is 0.500. The zero-order valence-electron chi connectivity index (χ0n) is 18.1. The van der Waals surface area contributed by atoms with Gasteiger partial charge in [-0.25, -0.2) is 0 Å². The van der Waals surface area contributed by atoms with Crippen molar-refractivity contribution in [3.8, 4) is 5.75 Å². The van der Waals surface area contributed by atoms with Crippen molar-refractivity contribution in [2.24, 2.45) is 0 Å². The van der Waals surface area contributed by atoms with Crippen LogP contribution in [-0.2, 0) is 24.1 Å². The first-order valence-corrected chi connectivity index (χ1v) is 11.9. The SMILES string of the molecule is COc1cccc2c1CC(NCCCCCCN(c1ccc(C)cc1)S(=O)[O-])CC2. The van der Waals surface area contributed by atoms with Crippen LogP contribution < -0.4 is 14.4 Å². The second-order valence-corrected chi connectivity index (χ2v) is 8.94. The number of methoxy groups -OCH3 is 1. The van der Waals surface area contributed by atoms with E-state index in [1.807, 2.05) is 31.2 Å². The van der Waals surface area contributed by atoms with Crippen molar-refractivity contribution < 1.29 is 13.5 Å². The second-order valence-electron chi connectivity index (χ2n) is 8.06. The molecule has 5 nitrogen and oxygen atoms in total. The molecule has 0 saturated carbocycles. The van der Waals surface area contributed by atoms with E-state index < -0.39 is 11.3 Å². The van der Waals surface area contributed by atoms with Crippen LogP contribution in [0.25, 0.3) is 0 Å². The Labute approximate surface area is 183 Å². The minimum absolute atomic E-state index is 0.508. The summed E-state index contributed by atoms with van der Waals surface area (Å²) in [7, 11) is 1.75. The highest BCUT2D eigenvalue weighted by Gasteiger charge is 2.20. The van der Waals surface area contributed by atoms with Gasteiger partial charge in [0.15, 0.2) is 0 Å². The van der Waals surface area contributed by atoms with Gasteiger partial charge in [0.2, 0.25) is 0 Å². The average molecular weight is 430 g/mol. The lowest BCUT2D eigenvalue weighted by atomic mass is 9.87. The lowest BCUT2D eigenvalue weighted by molar-refractivity contribution is 0.392. The van der Waals surface area contributed by atoms with Crippen molar-refractivity contribution in [3.63, 3.8) is 0 Å². The van der Waals surface area contributed by atoms with Crippen LogP contribution in [0, 0.1) is 6.92 Å². The van der Waals surface area contributed by atoms with Crippen LogP contribution in [0.4, 0.5) is 5.69 Å². The molecule has 6 heteroatoms. The van der Waals surface area contributed by atoms with E-state index in [1.54, 1.807) is 7.11 Å². The Morgan fingerprint density at radius 1 is 1.13 bits per heavy atom. The molecule has 30 heavy (non-hydrogen) atoms. The summed E-state index contributed by atoms with van der Waals surface area (Å²) in [4.78, 5) is 0. The number of rotatable bonds is 11. The highest BCUT2D eigenvalue weighted by atomic mass is 32.2. The van der Waals surface area contributed by atoms with Gasteiger partial charge in [-0.05, 0) is 74.9 Å². The van der Waals surface area contributed by atoms with Gasteiger partial charge in [0.25, 0.3) is 0 Å². The van der Waals surface area contributed by atoms with Crippen molar-refractivity contribution in [2.75, 3.05) is 24.5 Å². The zero-order chi connectivity index (χ0) is 21.3. The number of aryl methyl sites for hydroxylation is 2. The van der Waals surface area contributed by atoms with Crippen molar-refractivity contribution in [1.29, 1.82) is 0 Å². The third kappa shape index (κ3) is 6.30. The Balaban J connectivity index is 1.34. The molecular weight excluding hydrogens is 396 g/mol. The molecule has 2 atom stereocenters. The molecule has 0 heterocycles. The normalized spacial score (nSPS) is 16.7. The molecule has 0 bridgehead atoms. The van der Waals surface area contributed by atoms with Crippen LogP contribution in [0.2, 0.25) is 0 Å². The van der Waals surface area contributed by atoms with E-state index >= 15 is 0 Å². The minimum Gasteiger partial charge on any atom is -0.755 e. The van der Waals surface area contributed by atoms with Crippen molar-refractivity contribution >= 4 is 17.0 Å². The van der Waals surface area contributed by atoms with Crippen LogP contribution in [0.1, 0.15) is 48.8 Å². The topological polar surface area (TPSA) is 64.6 Å². The Hall–Kier alpha value is -1.89. The smallest absolute Gasteiger partial charge is 0.122 e. The summed E-state index contributed by atoms with van der Waals surface area (Å²) in [5, 5.41) is 3.70. The minimum atomic E-state index is -2.23. The van der Waals surface area contributed by atoms with Gasteiger partial charge in [0, 0.05) is 29.5 Å². The summed E-state index contributed by atoms with van der Waals surface area (Å²) in [5.74, 6) is 1.01. The fourth-order valence-electron chi connectivity index (χ4n) is 4.16. The van der Waals surface area contributed by atoms with E-state index in [-0.39, 0.29) is 0 Å². The molecule has 0 amide bonds. The molecule has 0 saturated heterocycles. The van der Waals surface area contributed by atoms with Crippen molar-refractivity contribution in [3.05, 3.63) is 59.2 Å². The molecule has 3 rings (SSSR count). The van der Waals surface area contributed by atoms with E-state index in [2.05, 4.69) is 23.5 Å². The summed E-state index contributed by atoms with van der Waals surface area (Å²) in [5.41, 5.74) is 4.64. The first-order chi connectivity index (χ1) is 14.6. The van der Waals surface area contributed by atoms with Gasteiger partial charge in [0.05, 0.1) is 7.11 Å². The maximum atomic E-state index is 11.6. The molecular formula is C24H33N2O3S-. The Morgan fingerprint density at radius 3 is 2.63 bits per heavy atom. The Bertz CT molecular complexity index is 811. The summed E-state index contributed by atoms with van der Waals surface area (Å²) < 4.78 is 30.1. The maximum absolute atomic E-state index is 11.6. The molecule has 2 unspecified atom stereocenters.